The molecule has 0 aromatic carbocycles. The van der Waals surface area contributed by atoms with Crippen molar-refractivity contribution in [1.82, 2.24) is 37.2 Å². The molecule has 29 heteroatoms. The first kappa shape index (κ1) is 69.8. The van der Waals surface area contributed by atoms with E-state index in [1.807, 2.05) is 55.4 Å². The lowest BCUT2D eigenvalue weighted by Crippen LogP contribution is -2.60. The van der Waals surface area contributed by atoms with Gasteiger partial charge in [-0.05, 0) is 101 Å². The lowest BCUT2D eigenvalue weighted by molar-refractivity contribution is -0.136. The van der Waals surface area contributed by atoms with Crippen molar-refractivity contribution in [3.05, 3.63) is 0 Å². The second-order valence-electron chi connectivity index (χ2n) is 20.8. The van der Waals surface area contributed by atoms with Crippen LogP contribution < -0.4 is 94.6 Å². The Balaban J connectivity index is 6.99. The van der Waals surface area contributed by atoms with Crippen LogP contribution in [0.15, 0.2) is 20.0 Å². The second-order valence-corrected chi connectivity index (χ2v) is 20.8. The molecule has 0 unspecified atom stereocenters. The van der Waals surface area contributed by atoms with Crippen molar-refractivity contribution in [3.8, 4) is 0 Å². The highest BCUT2D eigenvalue weighted by atomic mass is 16.2. The highest BCUT2D eigenvalue weighted by Gasteiger charge is 2.35. The number of carbonyl (C=O) groups is 8. The predicted octanol–water partition coefficient (Wildman–Crippen LogP) is -4.41. The van der Waals surface area contributed by atoms with Gasteiger partial charge in [0.2, 0.25) is 47.3 Å². The summed E-state index contributed by atoms with van der Waals surface area (Å²) >= 11 is 0. The molecular formula is C48H95N21O8. The van der Waals surface area contributed by atoms with E-state index in [2.05, 4.69) is 57.2 Å². The first-order chi connectivity index (χ1) is 35.9. The number of aliphatic imine (C=N–C) groups is 4. The molecule has 0 saturated heterocycles. The summed E-state index contributed by atoms with van der Waals surface area (Å²) in [6.07, 6.45) is 1.65. The third kappa shape index (κ3) is 32.8. The van der Waals surface area contributed by atoms with Crippen LogP contribution in [0.2, 0.25) is 0 Å². The molecule has 0 heterocycles. The summed E-state index contributed by atoms with van der Waals surface area (Å²) in [5, 5.41) is 19.0. The molecule has 0 fully saturated rings. The molecule has 8 amide bonds. The van der Waals surface area contributed by atoms with Crippen LogP contribution in [0.3, 0.4) is 0 Å². The van der Waals surface area contributed by atoms with E-state index in [-0.39, 0.29) is 144 Å². The molecule has 0 rings (SSSR count). The Hall–Kier alpha value is -7.20. The van der Waals surface area contributed by atoms with Crippen LogP contribution >= 0.6 is 0 Å². The number of amides is 8. The highest BCUT2D eigenvalue weighted by Crippen LogP contribution is 2.14. The topological polar surface area (TPSA) is 530 Å². The molecule has 0 aliphatic heterocycles. The summed E-state index contributed by atoms with van der Waals surface area (Å²) in [6.45, 7) is 15.2. The van der Waals surface area contributed by atoms with Crippen LogP contribution in [0, 0.1) is 23.7 Å². The van der Waals surface area contributed by atoms with Crippen LogP contribution in [-0.2, 0) is 38.4 Å². The average molecular weight is 1090 g/mol. The first-order valence-electron chi connectivity index (χ1n) is 26.3. The van der Waals surface area contributed by atoms with Gasteiger partial charge in [-0.15, -0.1) is 0 Å². The monoisotopic (exact) mass is 1090 g/mol. The van der Waals surface area contributed by atoms with Gasteiger partial charge in [-0.25, -0.2) is 0 Å². The van der Waals surface area contributed by atoms with Crippen molar-refractivity contribution in [2.24, 2.45) is 101 Å². The Morgan fingerprint density at radius 1 is 0.312 bits per heavy atom. The Bertz CT molecular complexity index is 2000. The van der Waals surface area contributed by atoms with Gasteiger partial charge in [0.05, 0.1) is 6.04 Å². The average Bonchev–Trinajstić information content (AvgIpc) is 3.30. The van der Waals surface area contributed by atoms with Gasteiger partial charge in [0, 0.05) is 26.2 Å². The van der Waals surface area contributed by atoms with Crippen molar-refractivity contribution in [1.29, 1.82) is 0 Å². The molecule has 0 aliphatic rings. The molecular weight excluding hydrogens is 999 g/mol. The number of hydrogen-bond donors (Lipinski definition) is 17. The maximum absolute atomic E-state index is 14.4. The van der Waals surface area contributed by atoms with Gasteiger partial charge in [-0.1, -0.05) is 55.4 Å². The Kier molecular flexibility index (Phi) is 34.0. The van der Waals surface area contributed by atoms with E-state index >= 15 is 0 Å². The fraction of sp³-hybridized carbons (Fsp3) is 0.750. The molecule has 0 aliphatic carbocycles. The van der Waals surface area contributed by atoms with Crippen LogP contribution in [0.25, 0.3) is 0 Å². The Morgan fingerprint density at radius 3 is 0.753 bits per heavy atom. The van der Waals surface area contributed by atoms with Crippen LogP contribution in [0.4, 0.5) is 0 Å². The van der Waals surface area contributed by atoms with E-state index in [0.29, 0.717) is 6.42 Å². The largest absolute Gasteiger partial charge is 0.370 e. The summed E-state index contributed by atoms with van der Waals surface area (Å²) in [4.78, 5) is 126. The zero-order chi connectivity index (χ0) is 58.9. The first-order valence-corrected chi connectivity index (χ1v) is 26.3. The van der Waals surface area contributed by atoms with Crippen molar-refractivity contribution in [2.45, 2.75) is 181 Å². The number of nitrogens with one attached hydrogen (secondary N) is 7. The third-order valence-corrected chi connectivity index (χ3v) is 11.4. The van der Waals surface area contributed by atoms with Gasteiger partial charge in [-0.2, -0.15) is 0 Å². The fourth-order valence-corrected chi connectivity index (χ4v) is 7.74. The van der Waals surface area contributed by atoms with Gasteiger partial charge in [0.1, 0.15) is 42.3 Å². The zero-order valence-electron chi connectivity index (χ0n) is 46.6. The number of rotatable bonds is 39. The minimum absolute atomic E-state index is 0.00154. The minimum Gasteiger partial charge on any atom is -0.370 e. The number of guanidine groups is 4. The molecule has 440 valence electrons. The maximum Gasteiger partial charge on any atom is 0.243 e. The highest BCUT2D eigenvalue weighted by molar-refractivity contribution is 5.98. The number of primary amides is 1. The molecule has 0 aromatic rings. The van der Waals surface area contributed by atoms with Crippen LogP contribution in [-0.4, -0.2) is 146 Å². The van der Waals surface area contributed by atoms with Crippen molar-refractivity contribution < 1.29 is 38.4 Å². The molecule has 0 aromatic heterocycles. The summed E-state index contributed by atoms with van der Waals surface area (Å²) < 4.78 is 0. The van der Waals surface area contributed by atoms with Gasteiger partial charge >= 0.3 is 0 Å². The summed E-state index contributed by atoms with van der Waals surface area (Å²) in [5.41, 5.74) is 55.7. The number of carbonyl (C=O) groups excluding carboxylic acids is 8. The fourth-order valence-electron chi connectivity index (χ4n) is 7.74. The smallest absolute Gasteiger partial charge is 0.243 e. The van der Waals surface area contributed by atoms with E-state index in [9.17, 15) is 38.4 Å². The van der Waals surface area contributed by atoms with E-state index in [0.717, 1.165) is 0 Å². The van der Waals surface area contributed by atoms with E-state index in [4.69, 9.17) is 57.3 Å². The maximum atomic E-state index is 14.4. The quantitative estimate of drug-likeness (QED) is 0.0157. The normalized spacial score (nSPS) is 14.2. The van der Waals surface area contributed by atoms with Crippen molar-refractivity contribution in [3.63, 3.8) is 0 Å². The lowest BCUT2D eigenvalue weighted by atomic mass is 9.99. The molecule has 8 atom stereocenters. The number of nitrogens with two attached hydrogens (primary N) is 10. The predicted molar refractivity (Wildman–Crippen MR) is 298 cm³/mol. The van der Waals surface area contributed by atoms with Gasteiger partial charge in [-0.3, -0.25) is 58.3 Å². The molecule has 0 spiro atoms. The molecule has 29 nitrogen and oxygen atoms in total. The Labute approximate surface area is 453 Å². The minimum atomic E-state index is -1.33. The van der Waals surface area contributed by atoms with Crippen LogP contribution in [0.1, 0.15) is 132 Å². The third-order valence-electron chi connectivity index (χ3n) is 11.4. The number of nitrogens with zero attached hydrogens (tertiary/aromatic N) is 4. The van der Waals surface area contributed by atoms with Crippen LogP contribution in [0.5, 0.6) is 0 Å². The van der Waals surface area contributed by atoms with Gasteiger partial charge in [0.25, 0.3) is 0 Å². The molecule has 0 bridgehead atoms. The molecule has 0 saturated carbocycles. The number of hydrogen-bond acceptors (Lipinski definition) is 13. The second kappa shape index (κ2) is 37.5. The molecule has 0 radical (unpaired) electrons. The standard InChI is InChI=1S/C48H95N21O8/c1-25(2)21-29(49)38(71)67-34(22-26(3)4)42(75)66-32(15-11-19-61-47(55)56)40(73)64-33(16-12-20-62-48(57)58)41(74)68-36(24-28(7)8)44(77)69-35(23-27(5)6)43(76)65-31(14-10-18-60-46(53)54)39(72)63-30(37(50)70)13-9-17-59-45(51)52/h25-36H,9-24,49H2,1-8H3,(H2,50,70)(H,63,72)(H,64,73)(H,65,76)(H,66,75)(H,67,71)(H,68,74)(H,69,77)(H4,51,52,59)(H4,53,54,60)(H4,55,56,61)(H4,57,58,62)/t29-,30-,31-,32-,33-,34-,35-,36-/m0/s1. The van der Waals surface area contributed by atoms with Crippen molar-refractivity contribution in [2.75, 3.05) is 26.2 Å². The lowest BCUT2D eigenvalue weighted by Gasteiger charge is -2.29. The summed E-state index contributed by atoms with van der Waals surface area (Å²) in [6, 6.07) is -9.50. The summed E-state index contributed by atoms with van der Waals surface area (Å²) in [7, 11) is 0. The van der Waals surface area contributed by atoms with Gasteiger partial charge < -0.3 is 94.6 Å². The zero-order valence-corrected chi connectivity index (χ0v) is 46.6. The van der Waals surface area contributed by atoms with Gasteiger partial charge in [0.15, 0.2) is 23.8 Å². The molecule has 27 N–H and O–H groups in total. The Morgan fingerprint density at radius 2 is 0.519 bits per heavy atom. The SMILES string of the molecule is CC(C)C[C@H](NC(=O)[C@H](CC(C)C)NC(=O)[C@H](CCCN=C(N)N)NC(=O)[C@H](CCCN=C(N)N)NC(=O)[C@H](CC(C)C)NC(=O)[C@@H](N)CC(C)C)C(=O)N[C@@H](CCCN=C(N)N)C(=O)N[C@@H](CCCN=C(N)N)C(N)=O. The van der Waals surface area contributed by atoms with Crippen molar-refractivity contribution >= 4 is 71.1 Å². The van der Waals surface area contributed by atoms with E-state index < -0.39 is 95.6 Å². The van der Waals surface area contributed by atoms with E-state index in [1.165, 1.54) is 0 Å². The molecule has 77 heavy (non-hydrogen) atoms. The van der Waals surface area contributed by atoms with E-state index in [1.54, 1.807) is 0 Å². The summed E-state index contributed by atoms with van der Waals surface area (Å²) in [5.74, 6) is -6.93.